The van der Waals surface area contributed by atoms with Crippen molar-refractivity contribution < 1.29 is 69.3 Å². The minimum atomic E-state index is -2.38. The van der Waals surface area contributed by atoms with E-state index in [9.17, 15) is 45.6 Å². The van der Waals surface area contributed by atoms with Gasteiger partial charge in [0.15, 0.2) is 30.3 Å². The number of nitrogens with two attached hydrogens (primary N) is 3. The molecular formula is C21H37N3O14. The topological polar surface area (TPSA) is 303 Å². The first-order chi connectivity index (χ1) is 17.9. The maximum absolute atomic E-state index is 12.4. The molecule has 3 saturated heterocycles. The summed E-state index contributed by atoms with van der Waals surface area (Å²) >= 11 is 0. The molecule has 0 aromatic carbocycles. The summed E-state index contributed by atoms with van der Waals surface area (Å²) in [6.45, 7) is 0.724. The van der Waals surface area contributed by atoms with E-state index in [1.165, 1.54) is 0 Å². The third kappa shape index (κ3) is 5.52. The Morgan fingerprint density at radius 2 is 1.32 bits per heavy atom. The Balaban J connectivity index is 1.79. The van der Waals surface area contributed by atoms with Gasteiger partial charge in [-0.2, -0.15) is 0 Å². The van der Waals surface area contributed by atoms with Crippen LogP contribution in [0.25, 0.3) is 0 Å². The van der Waals surface area contributed by atoms with Crippen molar-refractivity contribution in [2.45, 2.75) is 91.4 Å². The fourth-order valence-corrected chi connectivity index (χ4v) is 4.66. The van der Waals surface area contributed by atoms with Gasteiger partial charge in [0.25, 0.3) is 0 Å². The maximum atomic E-state index is 12.4. The van der Waals surface area contributed by atoms with Gasteiger partial charge in [0, 0.05) is 0 Å². The van der Waals surface area contributed by atoms with Gasteiger partial charge in [0.05, 0.1) is 37.9 Å². The highest BCUT2D eigenvalue weighted by Gasteiger charge is 2.58. The number of aliphatic hydroxyl groups excluding tert-OH is 8. The van der Waals surface area contributed by atoms with E-state index < -0.39 is 117 Å². The van der Waals surface area contributed by atoms with E-state index in [-0.39, 0.29) is 0 Å². The molecule has 0 aliphatic carbocycles. The summed E-state index contributed by atoms with van der Waals surface area (Å²) in [4.78, 5) is 12.4. The molecule has 3 fully saturated rings. The van der Waals surface area contributed by atoms with Crippen molar-refractivity contribution in [3.05, 3.63) is 12.7 Å². The van der Waals surface area contributed by atoms with Crippen LogP contribution in [0.15, 0.2) is 12.7 Å². The van der Waals surface area contributed by atoms with Gasteiger partial charge >= 0.3 is 0 Å². The second kappa shape index (κ2) is 12.5. The minimum absolute atomic E-state index is 0.688. The third-order valence-electron chi connectivity index (χ3n) is 7.08. The predicted molar refractivity (Wildman–Crippen MR) is 121 cm³/mol. The van der Waals surface area contributed by atoms with E-state index in [4.69, 9.17) is 40.9 Å². The molecular weight excluding hydrogens is 518 g/mol. The average molecular weight is 556 g/mol. The molecule has 0 spiro atoms. The van der Waals surface area contributed by atoms with Gasteiger partial charge in [-0.05, 0) is 6.08 Å². The van der Waals surface area contributed by atoms with Gasteiger partial charge in [-0.3, -0.25) is 4.79 Å². The largest absolute Gasteiger partial charge is 0.394 e. The van der Waals surface area contributed by atoms with E-state index in [0.29, 0.717) is 0 Å². The van der Waals surface area contributed by atoms with Crippen LogP contribution >= 0.6 is 0 Å². The molecule has 38 heavy (non-hydrogen) atoms. The number of hydrogen-bond donors (Lipinski definition) is 11. The monoisotopic (exact) mass is 555 g/mol. The van der Waals surface area contributed by atoms with Crippen molar-refractivity contribution in [1.29, 1.82) is 0 Å². The quantitative estimate of drug-likeness (QED) is 0.118. The van der Waals surface area contributed by atoms with Crippen LogP contribution in [0, 0.1) is 0 Å². The molecule has 0 radical (unpaired) electrons. The standard InChI is InChI=1S/C21H37N3O14/c1-2-8(28)21(5-27)17(32)14(31)11(24)20(38-21)37-16-7(4-26)35-19(10(23)13(16)30)36-15-6(3-25)34-18(33)9(22)12(15)29/h2,6-7,9-20,25-27,29-33H,1,3-5,22-24H2/t6-,7-,9-,10-,11-,12-,13-,14-,15?,16?,17+,18-,19+,20+,21+/m1/s1. The molecule has 15 atom stereocenters. The fraction of sp³-hybridized carbons (Fsp3) is 0.857. The molecule has 17 heteroatoms. The van der Waals surface area contributed by atoms with E-state index in [2.05, 4.69) is 6.58 Å². The van der Waals surface area contributed by atoms with E-state index in [1.54, 1.807) is 0 Å². The zero-order valence-corrected chi connectivity index (χ0v) is 20.2. The van der Waals surface area contributed by atoms with Crippen LogP contribution in [0.2, 0.25) is 0 Å². The molecule has 0 aromatic rings. The lowest BCUT2D eigenvalue weighted by Crippen LogP contribution is -2.73. The molecule has 3 aliphatic rings. The van der Waals surface area contributed by atoms with Crippen LogP contribution in [0.5, 0.6) is 0 Å². The van der Waals surface area contributed by atoms with Crippen molar-refractivity contribution >= 4 is 5.78 Å². The highest BCUT2D eigenvalue weighted by Crippen LogP contribution is 2.34. The van der Waals surface area contributed by atoms with E-state index >= 15 is 0 Å². The zero-order chi connectivity index (χ0) is 28.5. The fourth-order valence-electron chi connectivity index (χ4n) is 4.66. The molecule has 0 saturated carbocycles. The summed E-state index contributed by atoms with van der Waals surface area (Å²) in [5.41, 5.74) is 15.3. The smallest absolute Gasteiger partial charge is 0.192 e. The molecule has 17 nitrogen and oxygen atoms in total. The Hall–Kier alpha value is -1.23. The number of ether oxygens (including phenoxy) is 5. The number of carbonyl (C=O) groups excluding carboxylic acids is 1. The summed E-state index contributed by atoms with van der Waals surface area (Å²) in [6.07, 6.45) is -16.6. The lowest BCUT2D eigenvalue weighted by atomic mass is 9.83. The molecule has 0 amide bonds. The molecule has 220 valence electrons. The van der Waals surface area contributed by atoms with Crippen molar-refractivity contribution in [3.63, 3.8) is 0 Å². The van der Waals surface area contributed by atoms with Gasteiger partial charge in [-0.15, -0.1) is 0 Å². The number of ketones is 1. The number of rotatable bonds is 9. The average Bonchev–Trinajstić information content (AvgIpc) is 2.92. The number of aliphatic hydroxyl groups is 8. The predicted octanol–water partition coefficient (Wildman–Crippen LogP) is -7.55. The Bertz CT molecular complexity index is 822. The van der Waals surface area contributed by atoms with Crippen LogP contribution < -0.4 is 17.2 Å². The van der Waals surface area contributed by atoms with Crippen molar-refractivity contribution in [2.24, 2.45) is 17.2 Å². The molecule has 3 aliphatic heterocycles. The second-order valence-corrected chi connectivity index (χ2v) is 9.43. The Morgan fingerprint density at radius 1 is 0.816 bits per heavy atom. The van der Waals surface area contributed by atoms with Gasteiger partial charge in [0.2, 0.25) is 0 Å². The molecule has 2 unspecified atom stereocenters. The normalized spacial score (nSPS) is 50.0. The molecule has 0 bridgehead atoms. The van der Waals surface area contributed by atoms with E-state index in [0.717, 1.165) is 6.08 Å². The Kier molecular flexibility index (Phi) is 10.3. The summed E-state index contributed by atoms with van der Waals surface area (Å²) in [5, 5.41) is 81.3. The Labute approximate surface area is 216 Å². The lowest BCUT2D eigenvalue weighted by molar-refractivity contribution is -0.355. The van der Waals surface area contributed by atoms with Crippen molar-refractivity contribution in [3.8, 4) is 0 Å². The van der Waals surface area contributed by atoms with Crippen LogP contribution in [0.1, 0.15) is 0 Å². The van der Waals surface area contributed by atoms with Gasteiger partial charge in [-0.25, -0.2) is 0 Å². The van der Waals surface area contributed by atoms with Crippen molar-refractivity contribution in [2.75, 3.05) is 19.8 Å². The summed E-state index contributed by atoms with van der Waals surface area (Å²) in [7, 11) is 0. The zero-order valence-electron chi connectivity index (χ0n) is 20.2. The highest BCUT2D eigenvalue weighted by molar-refractivity contribution is 5.97. The number of carbonyl (C=O) groups is 1. The lowest BCUT2D eigenvalue weighted by Gasteiger charge is -2.50. The van der Waals surface area contributed by atoms with Crippen LogP contribution in [0.3, 0.4) is 0 Å². The first-order valence-electron chi connectivity index (χ1n) is 11.8. The van der Waals surface area contributed by atoms with Gasteiger partial charge in [-0.1, -0.05) is 6.58 Å². The van der Waals surface area contributed by atoms with Crippen molar-refractivity contribution in [1.82, 2.24) is 0 Å². The molecule has 3 heterocycles. The van der Waals surface area contributed by atoms with Crippen LogP contribution in [-0.4, -0.2) is 158 Å². The molecule has 3 rings (SSSR count). The summed E-state index contributed by atoms with van der Waals surface area (Å²) in [6, 6.07) is -4.23. The van der Waals surface area contributed by atoms with Gasteiger partial charge in [0.1, 0.15) is 48.8 Å². The first kappa shape index (κ1) is 31.3. The first-order valence-corrected chi connectivity index (χ1v) is 11.8. The SMILES string of the molecule is C=CC(=O)[C@]1(CO)O[C@H](OC2[C@@H](CO)O[C@@H](OC3[C@@H](CO)O[C@@H](O)[C@H](N)[C@H]3O)[C@H](N)[C@H]2O)[C@H](N)[C@@H](O)[C@@H]1O. The van der Waals surface area contributed by atoms with Gasteiger partial charge < -0.3 is 81.7 Å². The van der Waals surface area contributed by atoms with Crippen LogP contribution in [0.4, 0.5) is 0 Å². The van der Waals surface area contributed by atoms with E-state index in [1.807, 2.05) is 0 Å². The minimum Gasteiger partial charge on any atom is -0.394 e. The second-order valence-electron chi connectivity index (χ2n) is 9.43. The maximum Gasteiger partial charge on any atom is 0.192 e. The van der Waals surface area contributed by atoms with Crippen LogP contribution in [-0.2, 0) is 28.5 Å². The Morgan fingerprint density at radius 3 is 1.84 bits per heavy atom. The molecule has 0 aromatic heterocycles. The highest BCUT2D eigenvalue weighted by atomic mass is 16.7. The third-order valence-corrected chi connectivity index (χ3v) is 7.08. The summed E-state index contributed by atoms with van der Waals surface area (Å²) < 4.78 is 27.6. The molecule has 14 N–H and O–H groups in total. The summed E-state index contributed by atoms with van der Waals surface area (Å²) in [5.74, 6) is -0.980. The number of hydrogen-bond acceptors (Lipinski definition) is 17.